The number of hydrogen-bond acceptors (Lipinski definition) is 3. The summed E-state index contributed by atoms with van der Waals surface area (Å²) in [6.07, 6.45) is 3.92. The topological polar surface area (TPSA) is 59.2 Å². The van der Waals surface area contributed by atoms with E-state index in [4.69, 9.17) is 5.73 Å². The van der Waals surface area contributed by atoms with Crippen molar-refractivity contribution in [1.82, 2.24) is 4.98 Å². The van der Waals surface area contributed by atoms with Gasteiger partial charge in [0, 0.05) is 26.7 Å². The predicted octanol–water partition coefficient (Wildman–Crippen LogP) is 1.80. The first kappa shape index (κ1) is 18.4. The molecule has 4 nitrogen and oxygen atoms in total. The smallest absolute Gasteiger partial charge is 0.217 e. The van der Waals surface area contributed by atoms with Crippen LogP contribution in [0.4, 0.5) is 5.82 Å². The number of aromatic nitrogens is 1. The highest BCUT2D eigenvalue weighted by atomic mass is 35.5. The van der Waals surface area contributed by atoms with Gasteiger partial charge >= 0.3 is 0 Å². The standard InChI is InChI=1S/C11H17N3O.2ClH/c1-14(2)11-7-6-9(8-13-11)4-3-5-10(12)15;;/h6-8H,3-5H2,1-2H3,(H2,12,15);2*1H. The van der Waals surface area contributed by atoms with Crippen LogP contribution >= 0.6 is 24.8 Å². The second kappa shape index (κ2) is 9.07. The summed E-state index contributed by atoms with van der Waals surface area (Å²) in [5.74, 6) is 0.696. The zero-order chi connectivity index (χ0) is 11.3. The van der Waals surface area contributed by atoms with Crippen LogP contribution in [0.15, 0.2) is 18.3 Å². The number of carbonyl (C=O) groups excluding carboxylic acids is 1. The second-order valence-corrected chi connectivity index (χ2v) is 3.74. The van der Waals surface area contributed by atoms with Crippen molar-refractivity contribution in [2.24, 2.45) is 5.73 Å². The molecule has 6 heteroatoms. The quantitative estimate of drug-likeness (QED) is 0.894. The maximum absolute atomic E-state index is 10.5. The normalized spacial score (nSPS) is 8.82. The molecule has 0 saturated carbocycles. The summed E-state index contributed by atoms with van der Waals surface area (Å²) in [5, 5.41) is 0. The Labute approximate surface area is 114 Å². The molecule has 0 saturated heterocycles. The molecule has 0 aromatic carbocycles. The summed E-state index contributed by atoms with van der Waals surface area (Å²) in [6.45, 7) is 0. The average molecular weight is 280 g/mol. The SMILES string of the molecule is CN(C)c1ccc(CCCC(N)=O)cn1.Cl.Cl. The average Bonchev–Trinajstić information content (AvgIpc) is 2.18. The Kier molecular flexibility index (Phi) is 9.80. The minimum atomic E-state index is -0.243. The van der Waals surface area contributed by atoms with Crippen molar-refractivity contribution in [3.05, 3.63) is 23.9 Å². The third-order valence-electron chi connectivity index (χ3n) is 2.16. The number of nitrogens with two attached hydrogens (primary N) is 1. The maximum atomic E-state index is 10.5. The molecule has 17 heavy (non-hydrogen) atoms. The molecule has 0 unspecified atom stereocenters. The highest BCUT2D eigenvalue weighted by Gasteiger charge is 1.99. The molecule has 0 aliphatic heterocycles. The Hall–Kier alpha value is -1.000. The molecule has 1 rings (SSSR count). The van der Waals surface area contributed by atoms with Gasteiger partial charge in [-0.1, -0.05) is 6.07 Å². The van der Waals surface area contributed by atoms with Crippen molar-refractivity contribution in [1.29, 1.82) is 0 Å². The third-order valence-corrected chi connectivity index (χ3v) is 2.16. The van der Waals surface area contributed by atoms with Gasteiger partial charge in [-0.15, -0.1) is 24.8 Å². The zero-order valence-electron chi connectivity index (χ0n) is 10.0. The van der Waals surface area contributed by atoms with Gasteiger partial charge in [0.1, 0.15) is 5.82 Å². The predicted molar refractivity (Wildman–Crippen MR) is 75.2 cm³/mol. The van der Waals surface area contributed by atoms with Crippen molar-refractivity contribution in [3.8, 4) is 0 Å². The van der Waals surface area contributed by atoms with E-state index in [0.29, 0.717) is 6.42 Å². The lowest BCUT2D eigenvalue weighted by Crippen LogP contribution is -2.11. The Morgan fingerprint density at radius 1 is 1.35 bits per heavy atom. The molecule has 0 radical (unpaired) electrons. The van der Waals surface area contributed by atoms with Crippen LogP contribution < -0.4 is 10.6 Å². The third kappa shape index (κ3) is 7.02. The van der Waals surface area contributed by atoms with Crippen LogP contribution in [-0.2, 0) is 11.2 Å². The van der Waals surface area contributed by atoms with Gasteiger partial charge in [-0.25, -0.2) is 4.98 Å². The van der Waals surface area contributed by atoms with Crippen molar-refractivity contribution < 1.29 is 4.79 Å². The first-order valence-corrected chi connectivity index (χ1v) is 5.00. The van der Waals surface area contributed by atoms with E-state index in [1.807, 2.05) is 37.3 Å². The van der Waals surface area contributed by atoms with Gasteiger partial charge in [-0.3, -0.25) is 4.79 Å². The minimum Gasteiger partial charge on any atom is -0.370 e. The van der Waals surface area contributed by atoms with Crippen molar-refractivity contribution in [3.63, 3.8) is 0 Å². The number of nitrogens with zero attached hydrogens (tertiary/aromatic N) is 2. The maximum Gasteiger partial charge on any atom is 0.217 e. The highest BCUT2D eigenvalue weighted by molar-refractivity contribution is 5.85. The molecule has 98 valence electrons. The Bertz CT molecular complexity index is 328. The number of rotatable bonds is 5. The Morgan fingerprint density at radius 3 is 2.41 bits per heavy atom. The molecule has 2 N–H and O–H groups in total. The molecular formula is C11H19Cl2N3O. The van der Waals surface area contributed by atoms with E-state index >= 15 is 0 Å². The van der Waals surface area contributed by atoms with Crippen LogP contribution in [0.2, 0.25) is 0 Å². The van der Waals surface area contributed by atoms with Crippen molar-refractivity contribution in [2.75, 3.05) is 19.0 Å². The minimum absolute atomic E-state index is 0. The lowest BCUT2D eigenvalue weighted by Gasteiger charge is -2.10. The van der Waals surface area contributed by atoms with E-state index in [9.17, 15) is 4.79 Å². The van der Waals surface area contributed by atoms with E-state index in [0.717, 1.165) is 24.2 Å². The lowest BCUT2D eigenvalue weighted by molar-refractivity contribution is -0.118. The molecule has 0 fully saturated rings. The number of amides is 1. The van der Waals surface area contributed by atoms with Gasteiger partial charge < -0.3 is 10.6 Å². The van der Waals surface area contributed by atoms with E-state index in [2.05, 4.69) is 4.98 Å². The molecule has 0 aliphatic carbocycles. The van der Waals surface area contributed by atoms with Crippen LogP contribution in [0.25, 0.3) is 0 Å². The fourth-order valence-electron chi connectivity index (χ4n) is 1.30. The van der Waals surface area contributed by atoms with Crippen LogP contribution in [0, 0.1) is 0 Å². The van der Waals surface area contributed by atoms with Gasteiger partial charge in [-0.05, 0) is 24.5 Å². The molecule has 0 atom stereocenters. The summed E-state index contributed by atoms with van der Waals surface area (Å²) in [5.41, 5.74) is 6.20. The molecule has 1 aromatic heterocycles. The van der Waals surface area contributed by atoms with E-state index in [1.54, 1.807) is 0 Å². The van der Waals surface area contributed by atoms with Crippen molar-refractivity contribution in [2.45, 2.75) is 19.3 Å². The summed E-state index contributed by atoms with van der Waals surface area (Å²) in [7, 11) is 3.91. The molecule has 0 bridgehead atoms. The van der Waals surface area contributed by atoms with Crippen LogP contribution in [0.5, 0.6) is 0 Å². The largest absolute Gasteiger partial charge is 0.370 e. The summed E-state index contributed by atoms with van der Waals surface area (Å²) < 4.78 is 0. The fourth-order valence-corrected chi connectivity index (χ4v) is 1.30. The van der Waals surface area contributed by atoms with Crippen LogP contribution in [-0.4, -0.2) is 25.0 Å². The Balaban J connectivity index is 0. The number of pyridine rings is 1. The molecule has 1 amide bonds. The van der Waals surface area contributed by atoms with Gasteiger partial charge in [-0.2, -0.15) is 0 Å². The number of carbonyl (C=O) groups is 1. The number of aryl methyl sites for hydroxylation is 1. The van der Waals surface area contributed by atoms with E-state index in [1.165, 1.54) is 0 Å². The number of anilines is 1. The molecule has 1 aromatic rings. The summed E-state index contributed by atoms with van der Waals surface area (Å²) in [6, 6.07) is 4.00. The monoisotopic (exact) mass is 279 g/mol. The number of halogens is 2. The molecule has 0 aliphatic rings. The lowest BCUT2D eigenvalue weighted by atomic mass is 10.1. The zero-order valence-corrected chi connectivity index (χ0v) is 11.7. The van der Waals surface area contributed by atoms with E-state index in [-0.39, 0.29) is 30.7 Å². The highest BCUT2D eigenvalue weighted by Crippen LogP contribution is 2.09. The van der Waals surface area contributed by atoms with Gasteiger partial charge in [0.15, 0.2) is 0 Å². The first-order chi connectivity index (χ1) is 7.09. The van der Waals surface area contributed by atoms with Gasteiger partial charge in [0.2, 0.25) is 5.91 Å². The summed E-state index contributed by atoms with van der Waals surface area (Å²) in [4.78, 5) is 16.8. The van der Waals surface area contributed by atoms with Crippen LogP contribution in [0.3, 0.4) is 0 Å². The van der Waals surface area contributed by atoms with Gasteiger partial charge in [0.05, 0.1) is 0 Å². The molecule has 0 spiro atoms. The van der Waals surface area contributed by atoms with Crippen LogP contribution in [0.1, 0.15) is 18.4 Å². The molecular weight excluding hydrogens is 261 g/mol. The second-order valence-electron chi connectivity index (χ2n) is 3.74. The number of hydrogen-bond donors (Lipinski definition) is 1. The van der Waals surface area contributed by atoms with E-state index < -0.39 is 0 Å². The summed E-state index contributed by atoms with van der Waals surface area (Å²) >= 11 is 0. The fraction of sp³-hybridized carbons (Fsp3) is 0.455. The van der Waals surface area contributed by atoms with Crippen molar-refractivity contribution >= 4 is 36.5 Å². The van der Waals surface area contributed by atoms with Gasteiger partial charge in [0.25, 0.3) is 0 Å². The molecule has 1 heterocycles. The Morgan fingerprint density at radius 2 is 2.00 bits per heavy atom. The number of primary amides is 1. The first-order valence-electron chi connectivity index (χ1n) is 5.00.